The molecule has 2 aromatic carbocycles. The Morgan fingerprint density at radius 3 is 1.46 bits per heavy atom. The lowest BCUT2D eigenvalue weighted by Gasteiger charge is -2.11. The van der Waals surface area contributed by atoms with Gasteiger partial charge in [-0.2, -0.15) is 0 Å². The van der Waals surface area contributed by atoms with Gasteiger partial charge in [-0.3, -0.25) is 10.9 Å². The first kappa shape index (κ1) is 20.4. The number of nitrogens with one attached hydrogen (secondary N) is 4. The fraction of sp³-hybridized carbons (Fsp3) is 0. The van der Waals surface area contributed by atoms with Crippen molar-refractivity contribution in [3.63, 3.8) is 0 Å². The molecule has 138 valence electrons. The zero-order valence-corrected chi connectivity index (χ0v) is 15.6. The van der Waals surface area contributed by atoms with E-state index in [1.807, 2.05) is 11.2 Å². The number of hydrazine groups is 2. The molecule has 8 nitrogen and oxygen atoms in total. The molecule has 0 amide bonds. The Labute approximate surface area is 167 Å². The summed E-state index contributed by atoms with van der Waals surface area (Å²) in [6.07, 6.45) is 0. The lowest BCUT2D eigenvalue weighted by atomic mass is 10.3. The molecular formula is C14H10Cl4N4O4. The van der Waals surface area contributed by atoms with Crippen molar-refractivity contribution >= 4 is 69.7 Å². The molecule has 0 atom stereocenters. The summed E-state index contributed by atoms with van der Waals surface area (Å²) in [4.78, 5) is 31.9. The zero-order valence-electron chi connectivity index (χ0n) is 12.6. The van der Waals surface area contributed by atoms with Crippen LogP contribution in [0.15, 0.2) is 36.4 Å². The number of hydrogen-bond acceptors (Lipinski definition) is 8. The van der Waals surface area contributed by atoms with Gasteiger partial charge < -0.3 is 9.68 Å². The number of hydrogen-bond donors (Lipinski definition) is 4. The van der Waals surface area contributed by atoms with E-state index in [4.69, 9.17) is 46.4 Å². The monoisotopic (exact) mass is 438 g/mol. The van der Waals surface area contributed by atoms with Gasteiger partial charge >= 0.3 is 11.9 Å². The van der Waals surface area contributed by atoms with Crippen LogP contribution in [-0.4, -0.2) is 11.9 Å². The van der Waals surface area contributed by atoms with Crippen molar-refractivity contribution in [2.24, 2.45) is 0 Å². The Kier molecular flexibility index (Phi) is 7.58. The van der Waals surface area contributed by atoms with E-state index < -0.39 is 11.9 Å². The zero-order chi connectivity index (χ0) is 19.1. The normalized spacial score (nSPS) is 10.2. The predicted molar refractivity (Wildman–Crippen MR) is 98.6 cm³/mol. The lowest BCUT2D eigenvalue weighted by molar-refractivity contribution is -0.175. The summed E-state index contributed by atoms with van der Waals surface area (Å²) in [6, 6.07) is 9.15. The maximum atomic E-state index is 11.5. The molecule has 4 N–H and O–H groups in total. The van der Waals surface area contributed by atoms with Crippen molar-refractivity contribution in [3.8, 4) is 0 Å². The van der Waals surface area contributed by atoms with Crippen LogP contribution < -0.4 is 22.0 Å². The van der Waals surface area contributed by atoms with Crippen LogP contribution in [0, 0.1) is 0 Å². The fourth-order valence-corrected chi connectivity index (χ4v) is 2.20. The quantitative estimate of drug-likeness (QED) is 0.398. The molecule has 0 radical (unpaired) electrons. The van der Waals surface area contributed by atoms with Crippen molar-refractivity contribution in [1.29, 1.82) is 0 Å². The molecule has 26 heavy (non-hydrogen) atoms. The van der Waals surface area contributed by atoms with Crippen LogP contribution in [0.1, 0.15) is 0 Å². The van der Waals surface area contributed by atoms with Gasteiger partial charge in [0.05, 0.1) is 21.4 Å². The van der Waals surface area contributed by atoms with E-state index in [1.54, 1.807) is 12.1 Å². The smallest absolute Gasteiger partial charge is 0.341 e. The largest absolute Gasteiger partial charge is 0.439 e. The summed E-state index contributed by atoms with van der Waals surface area (Å²) in [5.74, 6) is -2.69. The Morgan fingerprint density at radius 1 is 0.692 bits per heavy atom. The number of carbonyl (C=O) groups excluding carboxylic acids is 2. The van der Waals surface area contributed by atoms with Crippen LogP contribution in [-0.2, 0) is 19.3 Å². The Balaban J connectivity index is 1.74. The minimum atomic E-state index is -1.35. The third-order valence-electron chi connectivity index (χ3n) is 2.68. The minimum absolute atomic E-state index is 0.310. The SMILES string of the molecule is O=C(ONNc1cc(Cl)ccc1Cl)C(=O)ONNc1cc(Cl)ccc1Cl. The highest BCUT2D eigenvalue weighted by atomic mass is 35.5. The average Bonchev–Trinajstić information content (AvgIpc) is 2.60. The highest BCUT2D eigenvalue weighted by Crippen LogP contribution is 2.25. The number of benzene rings is 2. The summed E-state index contributed by atoms with van der Waals surface area (Å²) >= 11 is 23.4. The molecule has 2 aromatic rings. The number of carbonyl (C=O) groups is 2. The molecule has 0 aliphatic rings. The summed E-state index contributed by atoms with van der Waals surface area (Å²) in [5, 5.41) is 1.42. The van der Waals surface area contributed by atoms with Crippen LogP contribution >= 0.6 is 46.4 Å². The summed E-state index contributed by atoms with van der Waals surface area (Å²) < 4.78 is 0. The predicted octanol–water partition coefficient (Wildman–Crippen LogP) is 3.75. The standard InChI is InChI=1S/C14H10Cl4N4O4/c15-7-1-3-9(17)11(5-7)19-21-25-13(23)14(24)26-22-20-12-6-8(16)2-4-10(12)18/h1-6,19-22H. The molecule has 0 saturated heterocycles. The van der Waals surface area contributed by atoms with E-state index in [2.05, 4.69) is 20.5 Å². The lowest BCUT2D eigenvalue weighted by Crippen LogP contribution is -2.35. The maximum Gasteiger partial charge on any atom is 0.439 e. The molecule has 0 saturated carbocycles. The Hall–Kier alpha value is -1.94. The Bertz CT molecular complexity index is 754. The minimum Gasteiger partial charge on any atom is -0.341 e. The highest BCUT2D eigenvalue weighted by Gasteiger charge is 2.18. The second kappa shape index (κ2) is 9.67. The molecule has 0 fully saturated rings. The number of rotatable bonds is 6. The summed E-state index contributed by atoms with van der Waals surface area (Å²) in [7, 11) is 0. The van der Waals surface area contributed by atoms with Crippen molar-refractivity contribution in [2.75, 3.05) is 10.9 Å². The molecular weight excluding hydrogens is 430 g/mol. The van der Waals surface area contributed by atoms with E-state index in [9.17, 15) is 9.59 Å². The van der Waals surface area contributed by atoms with E-state index in [-0.39, 0.29) is 0 Å². The van der Waals surface area contributed by atoms with Crippen LogP contribution in [0.5, 0.6) is 0 Å². The van der Waals surface area contributed by atoms with Crippen LogP contribution in [0.25, 0.3) is 0 Å². The maximum absolute atomic E-state index is 11.5. The molecule has 0 bridgehead atoms. The van der Waals surface area contributed by atoms with Crippen molar-refractivity contribution in [2.45, 2.75) is 0 Å². The van der Waals surface area contributed by atoms with Gasteiger partial charge in [0.1, 0.15) is 0 Å². The number of halogens is 4. The molecule has 0 heterocycles. The van der Waals surface area contributed by atoms with Crippen LogP contribution in [0.4, 0.5) is 11.4 Å². The van der Waals surface area contributed by atoms with E-state index in [0.29, 0.717) is 31.5 Å². The molecule has 12 heteroatoms. The van der Waals surface area contributed by atoms with E-state index in [0.717, 1.165) is 0 Å². The topological polar surface area (TPSA) is 101 Å². The molecule has 0 aliphatic heterocycles. The van der Waals surface area contributed by atoms with Gasteiger partial charge in [-0.15, -0.1) is 0 Å². The first-order chi connectivity index (χ1) is 12.4. The summed E-state index contributed by atoms with van der Waals surface area (Å²) in [5.41, 5.74) is 9.65. The first-order valence-corrected chi connectivity index (χ1v) is 8.22. The molecule has 0 spiro atoms. The molecule has 0 aromatic heterocycles. The molecule has 0 unspecified atom stereocenters. The third-order valence-corrected chi connectivity index (χ3v) is 3.81. The second-order valence-corrected chi connectivity index (χ2v) is 6.17. The fourth-order valence-electron chi connectivity index (χ4n) is 1.52. The van der Waals surface area contributed by atoms with E-state index in [1.165, 1.54) is 24.3 Å². The Morgan fingerprint density at radius 2 is 1.08 bits per heavy atom. The average molecular weight is 440 g/mol. The van der Waals surface area contributed by atoms with Gasteiger partial charge in [-0.05, 0) is 36.4 Å². The van der Waals surface area contributed by atoms with E-state index >= 15 is 0 Å². The molecule has 2 rings (SSSR count). The highest BCUT2D eigenvalue weighted by molar-refractivity contribution is 6.35. The summed E-state index contributed by atoms with van der Waals surface area (Å²) in [6.45, 7) is 0. The molecule has 0 aliphatic carbocycles. The van der Waals surface area contributed by atoms with Crippen molar-refractivity contribution in [3.05, 3.63) is 56.5 Å². The second-order valence-electron chi connectivity index (χ2n) is 4.48. The number of anilines is 2. The van der Waals surface area contributed by atoms with Crippen molar-refractivity contribution < 1.29 is 19.3 Å². The van der Waals surface area contributed by atoms with Gasteiger partial charge in [0, 0.05) is 10.0 Å². The van der Waals surface area contributed by atoms with Gasteiger partial charge in [0.15, 0.2) is 0 Å². The van der Waals surface area contributed by atoms with Crippen LogP contribution in [0.2, 0.25) is 20.1 Å². The van der Waals surface area contributed by atoms with Gasteiger partial charge in [-0.25, -0.2) is 9.59 Å². The third kappa shape index (κ3) is 6.10. The van der Waals surface area contributed by atoms with Gasteiger partial charge in [-0.1, -0.05) is 57.6 Å². The van der Waals surface area contributed by atoms with Crippen molar-refractivity contribution in [1.82, 2.24) is 11.2 Å². The first-order valence-electron chi connectivity index (χ1n) is 6.71. The van der Waals surface area contributed by atoms with Gasteiger partial charge in [0.25, 0.3) is 0 Å². The van der Waals surface area contributed by atoms with Crippen LogP contribution in [0.3, 0.4) is 0 Å². The van der Waals surface area contributed by atoms with Gasteiger partial charge in [0.2, 0.25) is 0 Å².